The van der Waals surface area contributed by atoms with Gasteiger partial charge in [-0.25, -0.2) is 0 Å². The molecule has 0 aliphatic carbocycles. The summed E-state index contributed by atoms with van der Waals surface area (Å²) in [5.74, 6) is 0.428. The number of nitrogens with zero attached hydrogens (tertiary/aromatic N) is 2. The molecular weight excluding hydrogens is 345 g/mol. The molecule has 0 aromatic heterocycles. The minimum atomic E-state index is -4.33. The van der Waals surface area contributed by atoms with Crippen LogP contribution in [0, 0.1) is 0 Å². The lowest BCUT2D eigenvalue weighted by molar-refractivity contribution is -0.137. The molecule has 0 atom stereocenters. The third kappa shape index (κ3) is 3.76. The maximum atomic E-state index is 12.7. The smallest absolute Gasteiger partial charge is 0.416 e. The van der Waals surface area contributed by atoms with Gasteiger partial charge in [0.1, 0.15) is 5.75 Å². The average Bonchev–Trinajstić information content (AvgIpc) is 2.67. The van der Waals surface area contributed by atoms with Crippen molar-refractivity contribution in [1.82, 2.24) is 4.90 Å². The highest BCUT2D eigenvalue weighted by Crippen LogP contribution is 2.30. The highest BCUT2D eigenvalue weighted by Gasteiger charge is 2.30. The van der Waals surface area contributed by atoms with Crippen molar-refractivity contribution in [3.05, 3.63) is 59.7 Å². The SMILES string of the molecule is COc1ccccc1C(=O)N1CCN(c2ccc(C(F)(F)F)cc2)CC1. The predicted molar refractivity (Wildman–Crippen MR) is 92.6 cm³/mol. The number of halogens is 3. The normalized spacial score (nSPS) is 15.1. The second-order valence-corrected chi connectivity index (χ2v) is 6.02. The Morgan fingerprint density at radius 2 is 1.58 bits per heavy atom. The molecule has 26 heavy (non-hydrogen) atoms. The van der Waals surface area contributed by atoms with Crippen molar-refractivity contribution in [2.45, 2.75) is 6.18 Å². The molecule has 0 N–H and O–H groups in total. The van der Waals surface area contributed by atoms with E-state index in [2.05, 4.69) is 0 Å². The van der Waals surface area contributed by atoms with Gasteiger partial charge < -0.3 is 14.5 Å². The summed E-state index contributed by atoms with van der Waals surface area (Å²) in [5.41, 5.74) is 0.576. The van der Waals surface area contributed by atoms with Gasteiger partial charge in [-0.15, -0.1) is 0 Å². The first-order valence-corrected chi connectivity index (χ1v) is 8.24. The summed E-state index contributed by atoms with van der Waals surface area (Å²) >= 11 is 0. The van der Waals surface area contributed by atoms with Gasteiger partial charge in [0.05, 0.1) is 18.2 Å². The van der Waals surface area contributed by atoms with E-state index in [1.807, 2.05) is 4.90 Å². The van der Waals surface area contributed by atoms with Crippen LogP contribution in [0.4, 0.5) is 18.9 Å². The fourth-order valence-electron chi connectivity index (χ4n) is 3.02. The van der Waals surface area contributed by atoms with E-state index in [1.165, 1.54) is 19.2 Å². The van der Waals surface area contributed by atoms with Crippen molar-refractivity contribution in [1.29, 1.82) is 0 Å². The minimum absolute atomic E-state index is 0.102. The molecule has 2 aromatic carbocycles. The third-order valence-electron chi connectivity index (χ3n) is 4.46. The number of carbonyl (C=O) groups is 1. The molecule has 1 heterocycles. The van der Waals surface area contributed by atoms with Gasteiger partial charge in [0.2, 0.25) is 0 Å². The molecule has 1 amide bonds. The summed E-state index contributed by atoms with van der Waals surface area (Å²) in [7, 11) is 1.52. The number of anilines is 1. The predicted octanol–water partition coefficient (Wildman–Crippen LogP) is 3.68. The van der Waals surface area contributed by atoms with Crippen LogP contribution < -0.4 is 9.64 Å². The quantitative estimate of drug-likeness (QED) is 0.833. The van der Waals surface area contributed by atoms with Gasteiger partial charge in [0.25, 0.3) is 5.91 Å². The number of amides is 1. The number of carbonyl (C=O) groups excluding carboxylic acids is 1. The summed E-state index contributed by atoms with van der Waals surface area (Å²) in [6, 6.07) is 12.2. The number of methoxy groups -OCH3 is 1. The van der Waals surface area contributed by atoms with Gasteiger partial charge in [-0.2, -0.15) is 13.2 Å². The van der Waals surface area contributed by atoms with Crippen molar-refractivity contribution >= 4 is 11.6 Å². The Morgan fingerprint density at radius 3 is 2.15 bits per heavy atom. The van der Waals surface area contributed by atoms with Gasteiger partial charge in [-0.3, -0.25) is 4.79 Å². The largest absolute Gasteiger partial charge is 0.496 e. The number of hydrogen-bond donors (Lipinski definition) is 0. The molecule has 138 valence electrons. The van der Waals surface area contributed by atoms with Crippen LogP contribution in [0.1, 0.15) is 15.9 Å². The van der Waals surface area contributed by atoms with Crippen molar-refractivity contribution in [3.8, 4) is 5.75 Å². The van der Waals surface area contributed by atoms with E-state index >= 15 is 0 Å². The van der Waals surface area contributed by atoms with Crippen LogP contribution in [0.25, 0.3) is 0 Å². The molecule has 1 saturated heterocycles. The number of ether oxygens (including phenoxy) is 1. The van der Waals surface area contributed by atoms with Crippen LogP contribution in [0.3, 0.4) is 0 Å². The van der Waals surface area contributed by atoms with Gasteiger partial charge in [0, 0.05) is 31.9 Å². The summed E-state index contributed by atoms with van der Waals surface area (Å²) in [4.78, 5) is 16.4. The zero-order valence-electron chi connectivity index (χ0n) is 14.3. The van der Waals surface area contributed by atoms with Crippen molar-refractivity contribution < 1.29 is 22.7 Å². The van der Waals surface area contributed by atoms with E-state index in [1.54, 1.807) is 29.2 Å². The number of para-hydroxylation sites is 1. The molecule has 0 spiro atoms. The molecule has 3 rings (SSSR count). The molecule has 0 saturated carbocycles. The Balaban J connectivity index is 1.65. The molecule has 0 radical (unpaired) electrons. The fraction of sp³-hybridized carbons (Fsp3) is 0.316. The highest BCUT2D eigenvalue weighted by atomic mass is 19.4. The van der Waals surface area contributed by atoms with Crippen molar-refractivity contribution in [2.75, 3.05) is 38.2 Å². The first kappa shape index (κ1) is 18.1. The topological polar surface area (TPSA) is 32.8 Å². The Labute approximate surface area is 149 Å². The van der Waals surface area contributed by atoms with Crippen LogP contribution >= 0.6 is 0 Å². The Hall–Kier alpha value is -2.70. The summed E-state index contributed by atoms with van der Waals surface area (Å²) in [6.45, 7) is 2.12. The second kappa shape index (κ2) is 7.27. The fourth-order valence-corrected chi connectivity index (χ4v) is 3.02. The van der Waals surface area contributed by atoms with Crippen LogP contribution in [0.15, 0.2) is 48.5 Å². The van der Waals surface area contributed by atoms with Crippen molar-refractivity contribution in [3.63, 3.8) is 0 Å². The molecule has 0 unspecified atom stereocenters. The minimum Gasteiger partial charge on any atom is -0.496 e. The molecule has 1 aliphatic heterocycles. The lowest BCUT2D eigenvalue weighted by atomic mass is 10.1. The standard InChI is InChI=1S/C19H19F3N2O2/c1-26-17-5-3-2-4-16(17)18(25)24-12-10-23(11-13-24)15-8-6-14(7-9-15)19(20,21)22/h2-9H,10-13H2,1H3. The van der Waals surface area contributed by atoms with E-state index in [4.69, 9.17) is 4.74 Å². The van der Waals surface area contributed by atoms with E-state index in [9.17, 15) is 18.0 Å². The second-order valence-electron chi connectivity index (χ2n) is 6.02. The van der Waals surface area contributed by atoms with E-state index in [-0.39, 0.29) is 5.91 Å². The van der Waals surface area contributed by atoms with Crippen LogP contribution in [0.5, 0.6) is 5.75 Å². The van der Waals surface area contributed by atoms with Crippen LogP contribution in [0.2, 0.25) is 0 Å². The monoisotopic (exact) mass is 364 g/mol. The van der Waals surface area contributed by atoms with E-state index in [0.717, 1.165) is 17.8 Å². The first-order valence-electron chi connectivity index (χ1n) is 8.24. The molecule has 4 nitrogen and oxygen atoms in total. The van der Waals surface area contributed by atoms with Crippen LogP contribution in [-0.2, 0) is 6.18 Å². The third-order valence-corrected chi connectivity index (χ3v) is 4.46. The Bertz CT molecular complexity index is 767. The number of hydrogen-bond acceptors (Lipinski definition) is 3. The van der Waals surface area contributed by atoms with Crippen LogP contribution in [-0.4, -0.2) is 44.1 Å². The van der Waals surface area contributed by atoms with Gasteiger partial charge in [-0.05, 0) is 36.4 Å². The summed E-state index contributed by atoms with van der Waals surface area (Å²) < 4.78 is 43.2. The zero-order chi connectivity index (χ0) is 18.7. The molecule has 1 aliphatic rings. The first-order chi connectivity index (χ1) is 12.4. The Kier molecular flexibility index (Phi) is 5.06. The molecule has 0 bridgehead atoms. The zero-order valence-corrected chi connectivity index (χ0v) is 14.3. The number of alkyl halides is 3. The van der Waals surface area contributed by atoms with Gasteiger partial charge in [0.15, 0.2) is 0 Å². The van der Waals surface area contributed by atoms with E-state index in [0.29, 0.717) is 37.5 Å². The number of rotatable bonds is 3. The van der Waals surface area contributed by atoms with Gasteiger partial charge >= 0.3 is 6.18 Å². The maximum Gasteiger partial charge on any atom is 0.416 e. The van der Waals surface area contributed by atoms with Gasteiger partial charge in [-0.1, -0.05) is 12.1 Å². The molecular formula is C19H19F3N2O2. The molecule has 1 fully saturated rings. The molecule has 7 heteroatoms. The number of benzene rings is 2. The average molecular weight is 364 g/mol. The van der Waals surface area contributed by atoms with E-state index < -0.39 is 11.7 Å². The van der Waals surface area contributed by atoms with Crippen molar-refractivity contribution in [2.24, 2.45) is 0 Å². The lowest BCUT2D eigenvalue weighted by Crippen LogP contribution is -2.48. The Morgan fingerprint density at radius 1 is 0.962 bits per heavy atom. The summed E-state index contributed by atoms with van der Waals surface area (Å²) in [6.07, 6.45) is -4.33. The highest BCUT2D eigenvalue weighted by molar-refractivity contribution is 5.97. The lowest BCUT2D eigenvalue weighted by Gasteiger charge is -2.36. The maximum absolute atomic E-state index is 12.7. The summed E-state index contributed by atoms with van der Waals surface area (Å²) in [5, 5.41) is 0. The molecule has 2 aromatic rings. The number of piperazine rings is 1.